The maximum atomic E-state index is 6.12. The first-order valence-electron chi connectivity index (χ1n) is 8.23. The molecule has 0 amide bonds. The molecule has 134 valence electrons. The third-order valence-electron chi connectivity index (χ3n) is 3.66. The average Bonchev–Trinajstić information content (AvgIpc) is 3.10. The van der Waals surface area contributed by atoms with E-state index in [0.717, 1.165) is 34.2 Å². The lowest BCUT2D eigenvalue weighted by molar-refractivity contribution is 0.957. The monoisotopic (exact) mass is 367 g/mol. The molecule has 8 heteroatoms. The van der Waals surface area contributed by atoms with Crippen LogP contribution in [0.15, 0.2) is 40.8 Å². The van der Waals surface area contributed by atoms with Crippen LogP contribution < -0.4 is 16.4 Å². The maximum absolute atomic E-state index is 6.12. The van der Waals surface area contributed by atoms with Crippen molar-refractivity contribution in [2.75, 3.05) is 24.6 Å². The second kappa shape index (κ2) is 7.92. The number of nitrogens with one attached hydrogen (secondary N) is 2. The van der Waals surface area contributed by atoms with Gasteiger partial charge in [-0.05, 0) is 37.6 Å². The number of rotatable bonds is 4. The molecule has 0 spiro atoms. The van der Waals surface area contributed by atoms with Gasteiger partial charge in [0.25, 0.3) is 0 Å². The first-order chi connectivity index (χ1) is 12.6. The molecule has 0 aliphatic heterocycles. The van der Waals surface area contributed by atoms with Gasteiger partial charge in [-0.2, -0.15) is 0 Å². The predicted molar refractivity (Wildman–Crippen MR) is 108 cm³/mol. The number of benzene rings is 1. The van der Waals surface area contributed by atoms with Crippen LogP contribution >= 0.6 is 11.3 Å². The second-order valence-electron chi connectivity index (χ2n) is 5.62. The van der Waals surface area contributed by atoms with E-state index in [4.69, 9.17) is 5.73 Å². The summed E-state index contributed by atoms with van der Waals surface area (Å²) < 4.78 is 0. The zero-order valence-electron chi connectivity index (χ0n) is 14.9. The van der Waals surface area contributed by atoms with Crippen LogP contribution in [0, 0.1) is 6.92 Å². The number of thiazole rings is 1. The summed E-state index contributed by atoms with van der Waals surface area (Å²) in [6.45, 7) is 4.80. The Balaban J connectivity index is 1.87. The fraction of sp³-hybridized carbons (Fsp3) is 0.222. The van der Waals surface area contributed by atoms with Gasteiger partial charge in [0.15, 0.2) is 16.9 Å². The van der Waals surface area contributed by atoms with Crippen molar-refractivity contribution in [3.8, 4) is 22.8 Å². The van der Waals surface area contributed by atoms with Gasteiger partial charge in [0.1, 0.15) is 5.69 Å². The zero-order valence-corrected chi connectivity index (χ0v) is 15.8. The van der Waals surface area contributed by atoms with Gasteiger partial charge in [0, 0.05) is 36.4 Å². The van der Waals surface area contributed by atoms with Gasteiger partial charge in [-0.1, -0.05) is 6.07 Å². The number of guanidine groups is 1. The van der Waals surface area contributed by atoms with Crippen LogP contribution in [0.3, 0.4) is 0 Å². The summed E-state index contributed by atoms with van der Waals surface area (Å²) in [4.78, 5) is 17.7. The molecule has 0 saturated carbocycles. The normalized spacial score (nSPS) is 11.4. The lowest BCUT2D eigenvalue weighted by atomic mass is 10.1. The highest BCUT2D eigenvalue weighted by Gasteiger charge is 2.11. The molecule has 7 nitrogen and oxygen atoms in total. The second-order valence-corrected chi connectivity index (χ2v) is 6.48. The molecular weight excluding hydrogens is 346 g/mol. The van der Waals surface area contributed by atoms with E-state index in [0.29, 0.717) is 17.5 Å². The van der Waals surface area contributed by atoms with Crippen LogP contribution in [-0.4, -0.2) is 34.5 Å². The highest BCUT2D eigenvalue weighted by Crippen LogP contribution is 2.27. The molecule has 3 rings (SSSR count). The van der Waals surface area contributed by atoms with Crippen LogP contribution in [0.1, 0.15) is 12.5 Å². The number of hydrogen-bond acceptors (Lipinski definition) is 6. The standard InChI is InChI=1S/C18H21N7S/c1-4-21-17(20-3)25-18-24-15(10-26-18)14-7-8-22-16(23-14)12-6-5-11(2)9-13(12)19/h5-10H,4,19H2,1-3H3,(H2,20,21,24,25). The third kappa shape index (κ3) is 3.97. The van der Waals surface area contributed by atoms with E-state index in [9.17, 15) is 0 Å². The Morgan fingerprint density at radius 2 is 2.08 bits per heavy atom. The number of aryl methyl sites for hydroxylation is 1. The Morgan fingerprint density at radius 1 is 1.23 bits per heavy atom. The molecular formula is C18H21N7S. The van der Waals surface area contributed by atoms with E-state index in [-0.39, 0.29) is 0 Å². The Hall–Kier alpha value is -3.00. The number of nitrogen functional groups attached to an aromatic ring is 1. The topological polar surface area (TPSA) is 101 Å². The first-order valence-corrected chi connectivity index (χ1v) is 9.11. The third-order valence-corrected chi connectivity index (χ3v) is 4.42. The number of aliphatic imine (C=N–C) groups is 1. The zero-order chi connectivity index (χ0) is 18.5. The van der Waals surface area contributed by atoms with E-state index in [2.05, 4.69) is 30.6 Å². The van der Waals surface area contributed by atoms with Crippen molar-refractivity contribution < 1.29 is 0 Å². The van der Waals surface area contributed by atoms with Crippen molar-refractivity contribution in [2.45, 2.75) is 13.8 Å². The van der Waals surface area contributed by atoms with Gasteiger partial charge >= 0.3 is 0 Å². The van der Waals surface area contributed by atoms with E-state index in [1.54, 1.807) is 13.2 Å². The molecule has 0 fully saturated rings. The van der Waals surface area contributed by atoms with Crippen molar-refractivity contribution in [1.29, 1.82) is 0 Å². The first kappa shape index (κ1) is 17.8. The Kier molecular flexibility index (Phi) is 5.43. The molecule has 4 N–H and O–H groups in total. The summed E-state index contributed by atoms with van der Waals surface area (Å²) in [5.41, 5.74) is 10.2. The minimum atomic E-state index is 0.589. The highest BCUT2D eigenvalue weighted by atomic mass is 32.1. The summed E-state index contributed by atoms with van der Waals surface area (Å²) in [7, 11) is 1.72. The molecule has 0 radical (unpaired) electrons. The minimum Gasteiger partial charge on any atom is -0.398 e. The quantitative estimate of drug-likeness (QED) is 0.372. The summed E-state index contributed by atoms with van der Waals surface area (Å²) >= 11 is 1.49. The molecule has 2 aromatic heterocycles. The lowest BCUT2D eigenvalue weighted by Gasteiger charge is -2.07. The maximum Gasteiger partial charge on any atom is 0.197 e. The smallest absolute Gasteiger partial charge is 0.197 e. The van der Waals surface area contributed by atoms with Crippen LogP contribution in [0.25, 0.3) is 22.8 Å². The van der Waals surface area contributed by atoms with Crippen LogP contribution in [-0.2, 0) is 0 Å². The average molecular weight is 367 g/mol. The molecule has 0 aliphatic rings. The Labute approximate surface area is 156 Å². The number of anilines is 2. The van der Waals surface area contributed by atoms with Crippen molar-refractivity contribution in [2.24, 2.45) is 4.99 Å². The molecule has 0 saturated heterocycles. The molecule has 0 unspecified atom stereocenters. The van der Waals surface area contributed by atoms with Gasteiger partial charge in [-0.15, -0.1) is 11.3 Å². The van der Waals surface area contributed by atoms with Gasteiger partial charge in [-0.25, -0.2) is 15.0 Å². The van der Waals surface area contributed by atoms with Crippen molar-refractivity contribution in [3.63, 3.8) is 0 Å². The van der Waals surface area contributed by atoms with Crippen molar-refractivity contribution in [1.82, 2.24) is 20.3 Å². The van der Waals surface area contributed by atoms with E-state index >= 15 is 0 Å². The van der Waals surface area contributed by atoms with E-state index in [1.807, 2.05) is 43.5 Å². The predicted octanol–water partition coefficient (Wildman–Crippen LogP) is 3.16. The summed E-state index contributed by atoms with van der Waals surface area (Å²) in [6, 6.07) is 7.70. The fourth-order valence-electron chi connectivity index (χ4n) is 2.41. The summed E-state index contributed by atoms with van der Waals surface area (Å²) in [5, 5.41) is 9.00. The number of hydrogen-bond donors (Lipinski definition) is 3. The minimum absolute atomic E-state index is 0.589. The summed E-state index contributed by atoms with van der Waals surface area (Å²) in [6.07, 6.45) is 1.72. The molecule has 0 aliphatic carbocycles. The van der Waals surface area contributed by atoms with Crippen molar-refractivity contribution >= 4 is 28.1 Å². The number of nitrogens with two attached hydrogens (primary N) is 1. The fourth-order valence-corrected chi connectivity index (χ4v) is 3.12. The van der Waals surface area contributed by atoms with Crippen LogP contribution in [0.2, 0.25) is 0 Å². The molecule has 2 heterocycles. The molecule has 0 bridgehead atoms. The van der Waals surface area contributed by atoms with Crippen LogP contribution in [0.4, 0.5) is 10.8 Å². The van der Waals surface area contributed by atoms with Gasteiger partial charge in [0.2, 0.25) is 0 Å². The van der Waals surface area contributed by atoms with Gasteiger partial charge in [-0.3, -0.25) is 4.99 Å². The molecule has 0 atom stereocenters. The largest absolute Gasteiger partial charge is 0.398 e. The summed E-state index contributed by atoms with van der Waals surface area (Å²) in [5.74, 6) is 1.27. The van der Waals surface area contributed by atoms with Gasteiger partial charge in [0.05, 0.1) is 5.69 Å². The molecule has 26 heavy (non-hydrogen) atoms. The SMILES string of the molecule is CCNC(=NC)Nc1nc(-c2ccnc(-c3ccc(C)cc3N)n2)cs1. The molecule has 1 aromatic carbocycles. The van der Waals surface area contributed by atoms with Gasteiger partial charge < -0.3 is 16.4 Å². The number of aromatic nitrogens is 3. The highest BCUT2D eigenvalue weighted by molar-refractivity contribution is 7.14. The Bertz CT molecular complexity index is 933. The lowest BCUT2D eigenvalue weighted by Crippen LogP contribution is -2.30. The van der Waals surface area contributed by atoms with Crippen LogP contribution in [0.5, 0.6) is 0 Å². The van der Waals surface area contributed by atoms with Crippen molar-refractivity contribution in [3.05, 3.63) is 41.4 Å². The number of nitrogens with zero attached hydrogens (tertiary/aromatic N) is 4. The molecule has 3 aromatic rings. The van der Waals surface area contributed by atoms with E-state index < -0.39 is 0 Å². The van der Waals surface area contributed by atoms with E-state index in [1.165, 1.54) is 11.3 Å². The Morgan fingerprint density at radius 3 is 2.81 bits per heavy atom.